The van der Waals surface area contributed by atoms with Crippen molar-refractivity contribution in [2.75, 3.05) is 0 Å². The second-order valence-electron chi connectivity index (χ2n) is 6.58. The van der Waals surface area contributed by atoms with Gasteiger partial charge in [-0.15, -0.1) is 0 Å². The predicted octanol–water partition coefficient (Wildman–Crippen LogP) is 5.90. The lowest BCUT2D eigenvalue weighted by Gasteiger charge is -2.05. The summed E-state index contributed by atoms with van der Waals surface area (Å²) in [5, 5.41) is 10.2. The van der Waals surface area contributed by atoms with E-state index in [-0.39, 0.29) is 5.57 Å². The van der Waals surface area contributed by atoms with E-state index in [4.69, 9.17) is 5.11 Å². The predicted molar refractivity (Wildman–Crippen MR) is 115 cm³/mol. The summed E-state index contributed by atoms with van der Waals surface area (Å²) in [5.41, 5.74) is 5.14. The van der Waals surface area contributed by atoms with Crippen molar-refractivity contribution in [1.82, 2.24) is 4.57 Å². The summed E-state index contributed by atoms with van der Waals surface area (Å²) in [6.07, 6.45) is 6.16. The number of aliphatic carboxylic acids is 1. The Kier molecular flexibility index (Phi) is 4.65. The maximum atomic E-state index is 11.0. The molecule has 136 valence electrons. The van der Waals surface area contributed by atoms with Gasteiger partial charge in [0.2, 0.25) is 0 Å². The van der Waals surface area contributed by atoms with Crippen molar-refractivity contribution in [3.05, 3.63) is 108 Å². The molecule has 0 aliphatic heterocycles. The van der Waals surface area contributed by atoms with Gasteiger partial charge in [-0.05, 0) is 47.0 Å². The summed E-state index contributed by atoms with van der Waals surface area (Å²) in [7, 11) is 0. The normalized spacial score (nSPS) is 11.1. The van der Waals surface area contributed by atoms with Crippen molar-refractivity contribution in [2.24, 2.45) is 0 Å². The van der Waals surface area contributed by atoms with E-state index in [1.807, 2.05) is 36.4 Å². The Morgan fingerprint density at radius 3 is 2.25 bits per heavy atom. The Balaban J connectivity index is 1.57. The summed E-state index contributed by atoms with van der Waals surface area (Å²) < 4.78 is 2.18. The van der Waals surface area contributed by atoms with E-state index in [1.165, 1.54) is 10.9 Å². The van der Waals surface area contributed by atoms with E-state index in [2.05, 4.69) is 59.8 Å². The highest BCUT2D eigenvalue weighted by molar-refractivity contribution is 6.14. The fraction of sp³-hybridized carbons (Fsp3) is 0. The van der Waals surface area contributed by atoms with Gasteiger partial charge in [-0.3, -0.25) is 0 Å². The van der Waals surface area contributed by atoms with Gasteiger partial charge in [0, 0.05) is 17.3 Å². The molecule has 0 aliphatic rings. The van der Waals surface area contributed by atoms with Crippen LogP contribution in [0.2, 0.25) is 0 Å². The molecule has 3 nitrogen and oxygen atoms in total. The number of carboxylic acid groups (broad SMARTS) is 1. The molecule has 0 spiro atoms. The van der Waals surface area contributed by atoms with Crippen molar-refractivity contribution in [2.45, 2.75) is 0 Å². The van der Waals surface area contributed by atoms with Gasteiger partial charge in [0.15, 0.2) is 0 Å². The SMILES string of the molecule is C=C(C(=O)O)c1ccc(C=Cc2ccc3c(ccn3-c3ccccc3)c2)cc1. The molecule has 4 aromatic rings. The molecule has 1 N–H and O–H groups in total. The summed E-state index contributed by atoms with van der Waals surface area (Å²) in [5.74, 6) is -1.00. The molecule has 3 aromatic carbocycles. The molecule has 1 heterocycles. The van der Waals surface area contributed by atoms with Gasteiger partial charge in [-0.1, -0.05) is 67.3 Å². The van der Waals surface area contributed by atoms with Crippen LogP contribution in [0.5, 0.6) is 0 Å². The maximum Gasteiger partial charge on any atom is 0.335 e. The van der Waals surface area contributed by atoms with Gasteiger partial charge in [-0.2, -0.15) is 0 Å². The molecular weight excluding hydrogens is 346 g/mol. The summed E-state index contributed by atoms with van der Waals surface area (Å²) in [6, 6.07) is 26.1. The lowest BCUT2D eigenvalue weighted by molar-refractivity contribution is -0.130. The molecule has 0 atom stereocenters. The third-order valence-corrected chi connectivity index (χ3v) is 4.73. The minimum Gasteiger partial charge on any atom is -0.478 e. The van der Waals surface area contributed by atoms with E-state index in [1.54, 1.807) is 12.1 Å². The van der Waals surface area contributed by atoms with Gasteiger partial charge in [0.1, 0.15) is 0 Å². The topological polar surface area (TPSA) is 42.2 Å². The lowest BCUT2D eigenvalue weighted by Crippen LogP contribution is -1.97. The van der Waals surface area contributed by atoms with Gasteiger partial charge < -0.3 is 9.67 Å². The van der Waals surface area contributed by atoms with Gasteiger partial charge in [-0.25, -0.2) is 4.79 Å². The van der Waals surface area contributed by atoms with Crippen molar-refractivity contribution >= 4 is 34.6 Å². The number of para-hydroxylation sites is 1. The Hall–Kier alpha value is -3.85. The Bertz CT molecular complexity index is 1180. The third kappa shape index (κ3) is 3.51. The highest BCUT2D eigenvalue weighted by Gasteiger charge is 2.06. The quantitative estimate of drug-likeness (QED) is 0.353. The fourth-order valence-electron chi connectivity index (χ4n) is 3.19. The molecule has 0 aliphatic carbocycles. The minimum absolute atomic E-state index is 0.101. The van der Waals surface area contributed by atoms with Gasteiger partial charge in [0.05, 0.1) is 11.1 Å². The van der Waals surface area contributed by atoms with Crippen LogP contribution >= 0.6 is 0 Å². The number of fused-ring (bicyclic) bond motifs is 1. The van der Waals surface area contributed by atoms with Crippen LogP contribution < -0.4 is 0 Å². The molecule has 0 fully saturated rings. The second-order valence-corrected chi connectivity index (χ2v) is 6.58. The maximum absolute atomic E-state index is 11.0. The van der Waals surface area contributed by atoms with Crippen LogP contribution in [0.4, 0.5) is 0 Å². The number of hydrogen-bond donors (Lipinski definition) is 1. The number of carbonyl (C=O) groups is 1. The average Bonchev–Trinajstić information content (AvgIpc) is 3.16. The molecular formula is C25H19NO2. The minimum atomic E-state index is -1.00. The first-order valence-corrected chi connectivity index (χ1v) is 8.99. The number of aromatic nitrogens is 1. The van der Waals surface area contributed by atoms with Crippen LogP contribution in [0.3, 0.4) is 0 Å². The van der Waals surface area contributed by atoms with Crippen molar-refractivity contribution in [3.8, 4) is 5.69 Å². The number of rotatable bonds is 5. The van der Waals surface area contributed by atoms with Crippen LogP contribution in [0, 0.1) is 0 Å². The largest absolute Gasteiger partial charge is 0.478 e. The Morgan fingerprint density at radius 1 is 0.857 bits per heavy atom. The molecule has 0 unspecified atom stereocenters. The standard InChI is InChI=1S/C25H19NO2/c1-18(25(27)28)21-12-9-19(10-13-21)7-8-20-11-14-24-22(17-20)15-16-26(24)23-5-3-2-4-6-23/h2-17H,1H2,(H,27,28). The molecule has 4 rings (SSSR count). The second kappa shape index (κ2) is 7.41. The Labute approximate surface area is 163 Å². The van der Waals surface area contributed by atoms with E-state index >= 15 is 0 Å². The van der Waals surface area contributed by atoms with Crippen LogP contribution in [-0.2, 0) is 4.79 Å². The third-order valence-electron chi connectivity index (χ3n) is 4.73. The molecule has 1 aromatic heterocycles. The highest BCUT2D eigenvalue weighted by atomic mass is 16.4. The average molecular weight is 365 g/mol. The summed E-state index contributed by atoms with van der Waals surface area (Å²) in [6.45, 7) is 3.58. The first-order valence-electron chi connectivity index (χ1n) is 8.99. The molecule has 0 saturated heterocycles. The van der Waals surface area contributed by atoms with E-state index < -0.39 is 5.97 Å². The van der Waals surface area contributed by atoms with E-state index in [9.17, 15) is 4.79 Å². The number of nitrogens with zero attached hydrogens (tertiary/aromatic N) is 1. The van der Waals surface area contributed by atoms with Crippen LogP contribution in [0.25, 0.3) is 34.3 Å². The highest BCUT2D eigenvalue weighted by Crippen LogP contribution is 2.23. The van der Waals surface area contributed by atoms with Crippen LogP contribution in [0.15, 0.2) is 91.6 Å². The lowest BCUT2D eigenvalue weighted by atomic mass is 10.0. The van der Waals surface area contributed by atoms with Crippen molar-refractivity contribution in [1.29, 1.82) is 0 Å². The summed E-state index contributed by atoms with van der Waals surface area (Å²) in [4.78, 5) is 11.0. The first-order chi connectivity index (χ1) is 13.6. The molecule has 0 amide bonds. The van der Waals surface area contributed by atoms with E-state index in [0.717, 1.165) is 16.8 Å². The fourth-order valence-corrected chi connectivity index (χ4v) is 3.19. The van der Waals surface area contributed by atoms with Gasteiger partial charge in [0.25, 0.3) is 0 Å². The molecule has 0 radical (unpaired) electrons. The number of hydrogen-bond acceptors (Lipinski definition) is 1. The zero-order chi connectivity index (χ0) is 19.5. The Morgan fingerprint density at radius 2 is 1.54 bits per heavy atom. The smallest absolute Gasteiger partial charge is 0.335 e. The van der Waals surface area contributed by atoms with Crippen LogP contribution in [0.1, 0.15) is 16.7 Å². The molecule has 0 saturated carbocycles. The molecule has 0 bridgehead atoms. The zero-order valence-electron chi connectivity index (χ0n) is 15.2. The van der Waals surface area contributed by atoms with Crippen LogP contribution in [-0.4, -0.2) is 15.6 Å². The molecule has 28 heavy (non-hydrogen) atoms. The summed E-state index contributed by atoms with van der Waals surface area (Å²) >= 11 is 0. The zero-order valence-corrected chi connectivity index (χ0v) is 15.2. The number of benzene rings is 3. The number of carboxylic acids is 1. The van der Waals surface area contributed by atoms with Crippen molar-refractivity contribution in [3.63, 3.8) is 0 Å². The van der Waals surface area contributed by atoms with Gasteiger partial charge >= 0.3 is 5.97 Å². The van der Waals surface area contributed by atoms with Crippen molar-refractivity contribution < 1.29 is 9.90 Å². The van der Waals surface area contributed by atoms with E-state index in [0.29, 0.717) is 5.56 Å². The first kappa shape index (κ1) is 17.6. The monoisotopic (exact) mass is 365 g/mol. The molecule has 3 heteroatoms.